The molecule has 0 unspecified atom stereocenters. The third-order valence-corrected chi connectivity index (χ3v) is 4.46. The molecule has 0 spiro atoms. The Balaban J connectivity index is 1.66. The average Bonchev–Trinajstić information content (AvgIpc) is 3.11. The van der Waals surface area contributed by atoms with Crippen LogP contribution in [0.5, 0.6) is 0 Å². The summed E-state index contributed by atoms with van der Waals surface area (Å²) in [6, 6.07) is 0. The van der Waals surface area contributed by atoms with E-state index in [2.05, 4.69) is 39.1 Å². The summed E-state index contributed by atoms with van der Waals surface area (Å²) in [7, 11) is 3.82. The van der Waals surface area contributed by atoms with E-state index in [1.807, 2.05) is 19.0 Å². The molecule has 0 radical (unpaired) electrons. The first-order valence-electron chi connectivity index (χ1n) is 8.60. The maximum absolute atomic E-state index is 5.41. The van der Waals surface area contributed by atoms with Gasteiger partial charge in [-0.15, -0.1) is 5.10 Å². The van der Waals surface area contributed by atoms with E-state index in [1.165, 1.54) is 0 Å². The molecule has 2 aromatic heterocycles. The summed E-state index contributed by atoms with van der Waals surface area (Å²) in [4.78, 5) is 13.2. The largest absolute Gasteiger partial charge is 0.344 e. The lowest BCUT2D eigenvalue weighted by molar-refractivity contribution is 0.328. The lowest BCUT2D eigenvalue weighted by Crippen LogP contribution is -2.34. The van der Waals surface area contributed by atoms with E-state index in [9.17, 15) is 0 Å². The van der Waals surface area contributed by atoms with Crippen molar-refractivity contribution < 1.29 is 4.52 Å². The fourth-order valence-electron chi connectivity index (χ4n) is 2.96. The van der Waals surface area contributed by atoms with Gasteiger partial charge in [0.05, 0.1) is 11.4 Å². The molecule has 2 aromatic rings. The third kappa shape index (κ3) is 3.32. The number of hydrogen-bond donors (Lipinski definition) is 0. The zero-order chi connectivity index (χ0) is 17.1. The second-order valence-electron chi connectivity index (χ2n) is 6.30. The molecule has 8 heteroatoms. The second kappa shape index (κ2) is 7.11. The lowest BCUT2D eigenvalue weighted by Gasteiger charge is -2.30. The minimum Gasteiger partial charge on any atom is -0.344 e. The van der Waals surface area contributed by atoms with Crippen molar-refractivity contribution >= 4 is 11.9 Å². The van der Waals surface area contributed by atoms with Gasteiger partial charge in [-0.05, 0) is 30.8 Å². The van der Waals surface area contributed by atoms with Crippen LogP contribution in [0, 0.1) is 0 Å². The lowest BCUT2D eigenvalue weighted by atomic mass is 9.97. The van der Waals surface area contributed by atoms with Gasteiger partial charge in [-0.2, -0.15) is 10.1 Å². The van der Waals surface area contributed by atoms with Crippen LogP contribution in [-0.2, 0) is 12.8 Å². The van der Waals surface area contributed by atoms with Gasteiger partial charge in [0.25, 0.3) is 5.95 Å². The van der Waals surface area contributed by atoms with E-state index < -0.39 is 0 Å². The van der Waals surface area contributed by atoms with Crippen LogP contribution in [0.3, 0.4) is 0 Å². The van der Waals surface area contributed by atoms with Crippen LogP contribution < -0.4 is 9.80 Å². The second-order valence-corrected chi connectivity index (χ2v) is 6.30. The van der Waals surface area contributed by atoms with Gasteiger partial charge in [0, 0.05) is 33.1 Å². The molecule has 1 saturated heterocycles. The van der Waals surface area contributed by atoms with Crippen molar-refractivity contribution in [3.8, 4) is 0 Å². The molecule has 0 N–H and O–H groups in total. The Morgan fingerprint density at radius 1 is 1.04 bits per heavy atom. The van der Waals surface area contributed by atoms with Crippen LogP contribution in [0.25, 0.3) is 0 Å². The smallest absolute Gasteiger partial charge is 0.265 e. The Bertz CT molecular complexity index is 677. The molecule has 0 saturated carbocycles. The number of aryl methyl sites for hydroxylation is 2. The minimum absolute atomic E-state index is 0.302. The monoisotopic (exact) mass is 331 g/mol. The third-order valence-electron chi connectivity index (χ3n) is 4.46. The van der Waals surface area contributed by atoms with E-state index >= 15 is 0 Å². The highest BCUT2D eigenvalue weighted by Crippen LogP contribution is 2.29. The number of nitrogens with zero attached hydrogens (tertiary/aromatic N) is 7. The standard InChI is InChI=1S/C16H25N7O/c1-5-12-13(6-2)19-20-15(17-12)23-9-7-11(8-10-23)14-18-16(21-24-14)22(3)4/h11H,5-10H2,1-4H3. The van der Waals surface area contributed by atoms with Crippen molar-refractivity contribution in [3.63, 3.8) is 0 Å². The molecule has 1 fully saturated rings. The summed E-state index contributed by atoms with van der Waals surface area (Å²) in [5.74, 6) is 2.40. The summed E-state index contributed by atoms with van der Waals surface area (Å²) in [6.07, 6.45) is 3.67. The molecule has 0 amide bonds. The van der Waals surface area contributed by atoms with Gasteiger partial charge in [-0.3, -0.25) is 0 Å². The first kappa shape index (κ1) is 16.6. The van der Waals surface area contributed by atoms with Gasteiger partial charge < -0.3 is 14.3 Å². The molecular formula is C16H25N7O. The maximum Gasteiger partial charge on any atom is 0.265 e. The first-order valence-corrected chi connectivity index (χ1v) is 8.60. The van der Waals surface area contributed by atoms with E-state index in [0.717, 1.165) is 62.0 Å². The van der Waals surface area contributed by atoms with Gasteiger partial charge in [0.2, 0.25) is 11.8 Å². The van der Waals surface area contributed by atoms with E-state index in [0.29, 0.717) is 11.9 Å². The van der Waals surface area contributed by atoms with Gasteiger partial charge >= 0.3 is 0 Å². The molecule has 0 atom stereocenters. The normalized spacial score (nSPS) is 15.8. The predicted octanol–water partition coefficient (Wildman–Crippen LogP) is 1.83. The van der Waals surface area contributed by atoms with Crippen LogP contribution >= 0.6 is 0 Å². The van der Waals surface area contributed by atoms with Gasteiger partial charge in [-0.25, -0.2) is 4.98 Å². The zero-order valence-electron chi connectivity index (χ0n) is 14.9. The molecule has 1 aliphatic rings. The molecule has 8 nitrogen and oxygen atoms in total. The van der Waals surface area contributed by atoms with Crippen molar-refractivity contribution in [1.82, 2.24) is 25.3 Å². The molecule has 130 valence electrons. The molecular weight excluding hydrogens is 306 g/mol. The Labute approximate surface area is 142 Å². The van der Waals surface area contributed by atoms with Crippen molar-refractivity contribution in [2.75, 3.05) is 37.0 Å². The van der Waals surface area contributed by atoms with Gasteiger partial charge in [-0.1, -0.05) is 13.8 Å². The van der Waals surface area contributed by atoms with Crippen LogP contribution in [0.1, 0.15) is 49.9 Å². The molecule has 3 heterocycles. The van der Waals surface area contributed by atoms with Crippen molar-refractivity contribution in [2.24, 2.45) is 0 Å². The van der Waals surface area contributed by atoms with Crippen LogP contribution in [0.15, 0.2) is 4.52 Å². The van der Waals surface area contributed by atoms with E-state index in [1.54, 1.807) is 0 Å². The number of rotatable bonds is 5. The van der Waals surface area contributed by atoms with Crippen molar-refractivity contribution in [2.45, 2.75) is 45.4 Å². The zero-order valence-corrected chi connectivity index (χ0v) is 14.9. The van der Waals surface area contributed by atoms with Crippen molar-refractivity contribution in [3.05, 3.63) is 17.3 Å². The van der Waals surface area contributed by atoms with Gasteiger partial charge in [0.1, 0.15) is 0 Å². The first-order chi connectivity index (χ1) is 11.6. The molecule has 0 aliphatic carbocycles. The fourth-order valence-corrected chi connectivity index (χ4v) is 2.96. The maximum atomic E-state index is 5.41. The molecule has 24 heavy (non-hydrogen) atoms. The van der Waals surface area contributed by atoms with Crippen LogP contribution in [0.2, 0.25) is 0 Å². The highest BCUT2D eigenvalue weighted by molar-refractivity contribution is 5.32. The Kier molecular flexibility index (Phi) is 4.92. The summed E-state index contributed by atoms with van der Waals surface area (Å²) in [5.41, 5.74) is 2.05. The SMILES string of the molecule is CCc1nnc(N2CCC(c3nc(N(C)C)no3)CC2)nc1CC. The Morgan fingerprint density at radius 3 is 2.33 bits per heavy atom. The molecule has 1 aliphatic heterocycles. The van der Waals surface area contributed by atoms with Crippen molar-refractivity contribution in [1.29, 1.82) is 0 Å². The molecule has 3 rings (SSSR count). The Hall–Kier alpha value is -2.25. The van der Waals surface area contributed by atoms with Crippen LogP contribution in [-0.4, -0.2) is 52.5 Å². The number of anilines is 2. The van der Waals surface area contributed by atoms with E-state index in [-0.39, 0.29) is 0 Å². The molecule has 0 aromatic carbocycles. The average molecular weight is 331 g/mol. The quantitative estimate of drug-likeness (QED) is 0.820. The molecule has 0 bridgehead atoms. The number of aromatic nitrogens is 5. The number of piperidine rings is 1. The van der Waals surface area contributed by atoms with Crippen LogP contribution in [0.4, 0.5) is 11.9 Å². The summed E-state index contributed by atoms with van der Waals surface area (Å²) in [5, 5.41) is 12.7. The van der Waals surface area contributed by atoms with E-state index in [4.69, 9.17) is 9.51 Å². The highest BCUT2D eigenvalue weighted by Gasteiger charge is 2.27. The summed E-state index contributed by atoms with van der Waals surface area (Å²) < 4.78 is 5.41. The highest BCUT2D eigenvalue weighted by atomic mass is 16.5. The summed E-state index contributed by atoms with van der Waals surface area (Å²) in [6.45, 7) is 5.95. The van der Waals surface area contributed by atoms with Gasteiger partial charge in [0.15, 0.2) is 0 Å². The number of hydrogen-bond acceptors (Lipinski definition) is 8. The predicted molar refractivity (Wildman–Crippen MR) is 91.4 cm³/mol. The Morgan fingerprint density at radius 2 is 1.75 bits per heavy atom. The topological polar surface area (TPSA) is 84.1 Å². The minimum atomic E-state index is 0.302. The summed E-state index contributed by atoms with van der Waals surface area (Å²) >= 11 is 0. The fraction of sp³-hybridized carbons (Fsp3) is 0.688.